The zero-order chi connectivity index (χ0) is 13.4. The van der Waals surface area contributed by atoms with E-state index in [0.29, 0.717) is 13.2 Å². The SMILES string of the molecule is CC1C(=O)N2CCCC2C(=O)N1CCOCC1CC1. The minimum Gasteiger partial charge on any atom is -0.379 e. The molecule has 0 aromatic heterocycles. The van der Waals surface area contributed by atoms with Crippen LogP contribution in [0, 0.1) is 5.92 Å². The van der Waals surface area contributed by atoms with Crippen molar-refractivity contribution in [2.24, 2.45) is 5.92 Å². The number of carbonyl (C=O) groups is 2. The summed E-state index contributed by atoms with van der Waals surface area (Å²) in [6, 6.07) is -0.529. The van der Waals surface area contributed by atoms with Gasteiger partial charge in [0.2, 0.25) is 11.8 Å². The molecule has 2 unspecified atom stereocenters. The Labute approximate surface area is 113 Å². The van der Waals surface area contributed by atoms with E-state index in [-0.39, 0.29) is 23.9 Å². The van der Waals surface area contributed by atoms with Crippen molar-refractivity contribution >= 4 is 11.8 Å². The van der Waals surface area contributed by atoms with Crippen molar-refractivity contribution in [2.45, 2.75) is 44.7 Å². The Morgan fingerprint density at radius 1 is 1.21 bits per heavy atom. The highest BCUT2D eigenvalue weighted by molar-refractivity contribution is 5.97. The van der Waals surface area contributed by atoms with Gasteiger partial charge in [-0.05, 0) is 38.5 Å². The first kappa shape index (κ1) is 12.9. The highest BCUT2D eigenvalue weighted by Gasteiger charge is 2.45. The fraction of sp³-hybridized carbons (Fsp3) is 0.857. The lowest BCUT2D eigenvalue weighted by Gasteiger charge is -2.40. The maximum atomic E-state index is 12.4. The van der Waals surface area contributed by atoms with Crippen LogP contribution >= 0.6 is 0 Å². The van der Waals surface area contributed by atoms with Gasteiger partial charge in [0.25, 0.3) is 0 Å². The van der Waals surface area contributed by atoms with Crippen LogP contribution < -0.4 is 0 Å². The van der Waals surface area contributed by atoms with Crippen molar-refractivity contribution in [3.05, 3.63) is 0 Å². The Kier molecular flexibility index (Phi) is 3.48. The van der Waals surface area contributed by atoms with Crippen molar-refractivity contribution < 1.29 is 14.3 Å². The van der Waals surface area contributed by atoms with Crippen LogP contribution in [-0.4, -0.2) is 60.0 Å². The van der Waals surface area contributed by atoms with Crippen molar-refractivity contribution in [3.63, 3.8) is 0 Å². The lowest BCUT2D eigenvalue weighted by molar-refractivity contribution is -0.159. The standard InChI is InChI=1S/C14H22N2O3/c1-10-13(17)16-6-2-3-12(16)14(18)15(10)7-8-19-9-11-4-5-11/h10-12H,2-9H2,1H3. The summed E-state index contributed by atoms with van der Waals surface area (Å²) in [5.41, 5.74) is 0. The summed E-state index contributed by atoms with van der Waals surface area (Å²) in [5, 5.41) is 0. The largest absolute Gasteiger partial charge is 0.379 e. The average molecular weight is 266 g/mol. The van der Waals surface area contributed by atoms with Gasteiger partial charge in [-0.15, -0.1) is 0 Å². The highest BCUT2D eigenvalue weighted by atomic mass is 16.5. The molecule has 3 fully saturated rings. The average Bonchev–Trinajstić information content (AvgIpc) is 3.09. The number of piperazine rings is 1. The lowest BCUT2D eigenvalue weighted by atomic mass is 10.1. The Morgan fingerprint density at radius 3 is 2.74 bits per heavy atom. The van der Waals surface area contributed by atoms with Crippen LogP contribution in [0.3, 0.4) is 0 Å². The van der Waals surface area contributed by atoms with Crippen LogP contribution in [0.15, 0.2) is 0 Å². The van der Waals surface area contributed by atoms with Gasteiger partial charge in [0, 0.05) is 19.7 Å². The number of amides is 2. The molecule has 0 spiro atoms. The van der Waals surface area contributed by atoms with Gasteiger partial charge in [-0.3, -0.25) is 9.59 Å². The summed E-state index contributed by atoms with van der Waals surface area (Å²) in [7, 11) is 0. The van der Waals surface area contributed by atoms with Gasteiger partial charge in [0.15, 0.2) is 0 Å². The first-order valence-corrected chi connectivity index (χ1v) is 7.37. The number of fused-ring (bicyclic) bond motifs is 1. The number of carbonyl (C=O) groups excluding carboxylic acids is 2. The predicted molar refractivity (Wildman–Crippen MR) is 69.5 cm³/mol. The van der Waals surface area contributed by atoms with E-state index in [1.807, 2.05) is 6.92 Å². The second kappa shape index (κ2) is 5.12. The van der Waals surface area contributed by atoms with E-state index in [0.717, 1.165) is 31.9 Å². The zero-order valence-electron chi connectivity index (χ0n) is 11.5. The zero-order valence-corrected chi connectivity index (χ0v) is 11.5. The first-order valence-electron chi connectivity index (χ1n) is 7.37. The molecule has 19 heavy (non-hydrogen) atoms. The summed E-state index contributed by atoms with van der Waals surface area (Å²) in [6.45, 7) is 4.47. The Bertz CT molecular complexity index is 381. The monoisotopic (exact) mass is 266 g/mol. The predicted octanol–water partition coefficient (Wildman–Crippen LogP) is 0.635. The minimum atomic E-state index is -0.327. The molecular weight excluding hydrogens is 244 g/mol. The first-order chi connectivity index (χ1) is 9.18. The van der Waals surface area contributed by atoms with Crippen molar-refractivity contribution in [2.75, 3.05) is 26.3 Å². The van der Waals surface area contributed by atoms with E-state index < -0.39 is 0 Å². The fourth-order valence-corrected chi connectivity index (χ4v) is 3.04. The van der Waals surface area contributed by atoms with E-state index in [4.69, 9.17) is 4.74 Å². The molecule has 2 aliphatic heterocycles. The molecule has 0 bridgehead atoms. The molecular formula is C14H22N2O3. The van der Waals surface area contributed by atoms with Gasteiger partial charge in [-0.2, -0.15) is 0 Å². The number of hydrogen-bond donors (Lipinski definition) is 0. The highest BCUT2D eigenvalue weighted by Crippen LogP contribution is 2.29. The Hall–Kier alpha value is -1.10. The summed E-state index contributed by atoms with van der Waals surface area (Å²) in [6.07, 6.45) is 4.31. The molecule has 3 aliphatic rings. The molecule has 2 atom stereocenters. The second-order valence-electron chi connectivity index (χ2n) is 5.92. The quantitative estimate of drug-likeness (QED) is 0.686. The molecule has 2 heterocycles. The third-order valence-corrected chi connectivity index (χ3v) is 4.46. The molecule has 1 saturated carbocycles. The summed E-state index contributed by atoms with van der Waals surface area (Å²) < 4.78 is 5.58. The van der Waals surface area contributed by atoms with Gasteiger partial charge in [0.1, 0.15) is 12.1 Å². The van der Waals surface area contributed by atoms with Crippen LogP contribution in [0.4, 0.5) is 0 Å². The Balaban J connectivity index is 1.56. The van der Waals surface area contributed by atoms with E-state index in [1.165, 1.54) is 12.8 Å². The van der Waals surface area contributed by atoms with Crippen molar-refractivity contribution in [1.82, 2.24) is 9.80 Å². The third-order valence-electron chi connectivity index (χ3n) is 4.46. The van der Waals surface area contributed by atoms with Crippen molar-refractivity contribution in [1.29, 1.82) is 0 Å². The van der Waals surface area contributed by atoms with Gasteiger partial charge < -0.3 is 14.5 Å². The van der Waals surface area contributed by atoms with E-state index in [2.05, 4.69) is 0 Å². The van der Waals surface area contributed by atoms with E-state index >= 15 is 0 Å². The number of rotatable bonds is 5. The molecule has 1 aliphatic carbocycles. The smallest absolute Gasteiger partial charge is 0.246 e. The van der Waals surface area contributed by atoms with Crippen LogP contribution in [0.25, 0.3) is 0 Å². The summed E-state index contributed by atoms with van der Waals surface area (Å²) in [4.78, 5) is 28.1. The molecule has 0 aromatic carbocycles. The summed E-state index contributed by atoms with van der Waals surface area (Å²) >= 11 is 0. The maximum absolute atomic E-state index is 12.4. The van der Waals surface area contributed by atoms with Crippen LogP contribution in [-0.2, 0) is 14.3 Å². The number of ether oxygens (including phenoxy) is 1. The third kappa shape index (κ3) is 2.48. The minimum absolute atomic E-state index is 0.101. The molecule has 3 rings (SSSR count). The lowest BCUT2D eigenvalue weighted by Crippen LogP contribution is -2.62. The molecule has 0 N–H and O–H groups in total. The van der Waals surface area contributed by atoms with Gasteiger partial charge in [0.05, 0.1) is 6.61 Å². The second-order valence-corrected chi connectivity index (χ2v) is 5.92. The number of nitrogens with zero attached hydrogens (tertiary/aromatic N) is 2. The molecule has 2 saturated heterocycles. The van der Waals surface area contributed by atoms with Crippen LogP contribution in [0.2, 0.25) is 0 Å². The van der Waals surface area contributed by atoms with Crippen LogP contribution in [0.5, 0.6) is 0 Å². The van der Waals surface area contributed by atoms with E-state index in [1.54, 1.807) is 9.80 Å². The molecule has 5 nitrogen and oxygen atoms in total. The van der Waals surface area contributed by atoms with E-state index in [9.17, 15) is 9.59 Å². The van der Waals surface area contributed by atoms with Gasteiger partial charge in [-0.1, -0.05) is 0 Å². The summed E-state index contributed by atoms with van der Waals surface area (Å²) in [5.74, 6) is 0.949. The molecule has 106 valence electrons. The topological polar surface area (TPSA) is 49.9 Å². The van der Waals surface area contributed by atoms with Crippen molar-refractivity contribution in [3.8, 4) is 0 Å². The molecule has 0 radical (unpaired) electrons. The normalized spacial score (nSPS) is 31.0. The maximum Gasteiger partial charge on any atom is 0.246 e. The van der Waals surface area contributed by atoms with Gasteiger partial charge in [-0.25, -0.2) is 0 Å². The molecule has 2 amide bonds. The number of hydrogen-bond acceptors (Lipinski definition) is 3. The molecule has 0 aromatic rings. The Morgan fingerprint density at radius 2 is 2.00 bits per heavy atom. The molecule has 5 heteroatoms. The van der Waals surface area contributed by atoms with Gasteiger partial charge >= 0.3 is 0 Å². The van der Waals surface area contributed by atoms with Crippen LogP contribution in [0.1, 0.15) is 32.6 Å². The fourth-order valence-electron chi connectivity index (χ4n) is 3.04.